The topological polar surface area (TPSA) is 41.6 Å². The first-order valence-electron chi connectivity index (χ1n) is 6.92. The number of nitrogens with zero attached hydrogens (tertiary/aromatic N) is 1. The molecule has 104 valence electrons. The molecule has 1 aromatic rings. The van der Waals surface area contributed by atoms with E-state index in [1.807, 2.05) is 29.2 Å². The number of hydrogen-bond donors (Lipinski definition) is 1. The molecule has 0 aromatic heterocycles. The maximum atomic E-state index is 12.7. The van der Waals surface area contributed by atoms with Crippen LogP contribution in [-0.2, 0) is 0 Å². The third-order valence-electron chi connectivity index (χ3n) is 3.54. The molecule has 0 bridgehead atoms. The molecule has 2 rings (SSSR count). The van der Waals surface area contributed by atoms with E-state index in [0.717, 1.165) is 32.5 Å². The molecule has 1 aliphatic heterocycles. The van der Waals surface area contributed by atoms with E-state index in [1.54, 1.807) is 7.11 Å². The molecule has 0 saturated carbocycles. The van der Waals surface area contributed by atoms with Crippen molar-refractivity contribution in [3.63, 3.8) is 0 Å². The van der Waals surface area contributed by atoms with Crippen molar-refractivity contribution in [2.45, 2.75) is 25.8 Å². The standard InChI is InChI=1S/C15H22N2O2/c1-3-10-17(12-8-9-16-11-12)15(18)13-6-4-5-7-14(13)19-2/h4-7,12,16H,3,8-11H2,1-2H3/t12-/m1/s1. The molecular formula is C15H22N2O2. The first-order valence-corrected chi connectivity index (χ1v) is 6.92. The summed E-state index contributed by atoms with van der Waals surface area (Å²) in [6.45, 7) is 4.78. The van der Waals surface area contributed by atoms with Crippen LogP contribution in [0.3, 0.4) is 0 Å². The van der Waals surface area contributed by atoms with Crippen LogP contribution in [0.5, 0.6) is 5.75 Å². The van der Waals surface area contributed by atoms with E-state index >= 15 is 0 Å². The third kappa shape index (κ3) is 3.07. The predicted molar refractivity (Wildman–Crippen MR) is 75.6 cm³/mol. The van der Waals surface area contributed by atoms with Gasteiger partial charge in [0.15, 0.2) is 0 Å². The predicted octanol–water partition coefficient (Wildman–Crippen LogP) is 1.91. The summed E-state index contributed by atoms with van der Waals surface area (Å²) in [5.41, 5.74) is 0.658. The summed E-state index contributed by atoms with van der Waals surface area (Å²) in [5.74, 6) is 0.729. The second-order valence-corrected chi connectivity index (χ2v) is 4.85. The zero-order valence-corrected chi connectivity index (χ0v) is 11.7. The molecule has 1 aromatic carbocycles. The van der Waals surface area contributed by atoms with Crippen LogP contribution in [0.25, 0.3) is 0 Å². The van der Waals surface area contributed by atoms with Gasteiger partial charge in [-0.2, -0.15) is 0 Å². The molecule has 4 nitrogen and oxygen atoms in total. The van der Waals surface area contributed by atoms with Gasteiger partial charge < -0.3 is 15.0 Å². The normalized spacial score (nSPS) is 18.3. The number of amides is 1. The van der Waals surface area contributed by atoms with Gasteiger partial charge in [-0.05, 0) is 31.5 Å². The first-order chi connectivity index (χ1) is 9.27. The van der Waals surface area contributed by atoms with Crippen LogP contribution >= 0.6 is 0 Å². The van der Waals surface area contributed by atoms with Gasteiger partial charge in [0.2, 0.25) is 0 Å². The Balaban J connectivity index is 2.22. The minimum absolute atomic E-state index is 0.0769. The fraction of sp³-hybridized carbons (Fsp3) is 0.533. The Morgan fingerprint density at radius 3 is 2.89 bits per heavy atom. The van der Waals surface area contributed by atoms with Crippen molar-refractivity contribution in [3.8, 4) is 5.75 Å². The van der Waals surface area contributed by atoms with E-state index in [4.69, 9.17) is 4.74 Å². The zero-order chi connectivity index (χ0) is 13.7. The van der Waals surface area contributed by atoms with Crippen LogP contribution in [0.15, 0.2) is 24.3 Å². The Labute approximate surface area is 114 Å². The zero-order valence-electron chi connectivity index (χ0n) is 11.7. The fourth-order valence-electron chi connectivity index (χ4n) is 2.57. The van der Waals surface area contributed by atoms with Crippen LogP contribution in [-0.4, -0.2) is 43.6 Å². The summed E-state index contributed by atoms with van der Waals surface area (Å²) in [7, 11) is 1.60. The molecule has 1 saturated heterocycles. The van der Waals surface area contributed by atoms with Gasteiger partial charge in [-0.25, -0.2) is 0 Å². The molecule has 1 heterocycles. The van der Waals surface area contributed by atoms with Crippen LogP contribution in [0, 0.1) is 0 Å². The summed E-state index contributed by atoms with van der Waals surface area (Å²) in [5, 5.41) is 3.32. The number of nitrogens with one attached hydrogen (secondary N) is 1. The number of carbonyl (C=O) groups is 1. The highest BCUT2D eigenvalue weighted by Crippen LogP contribution is 2.22. The summed E-state index contributed by atoms with van der Waals surface area (Å²) in [6, 6.07) is 7.75. The summed E-state index contributed by atoms with van der Waals surface area (Å²) in [6.07, 6.45) is 2.00. The van der Waals surface area contributed by atoms with Gasteiger partial charge >= 0.3 is 0 Å². The lowest BCUT2D eigenvalue weighted by Gasteiger charge is -2.28. The van der Waals surface area contributed by atoms with Crippen LogP contribution in [0.2, 0.25) is 0 Å². The lowest BCUT2D eigenvalue weighted by atomic mass is 10.1. The van der Waals surface area contributed by atoms with E-state index in [0.29, 0.717) is 17.4 Å². The second kappa shape index (κ2) is 6.57. The van der Waals surface area contributed by atoms with Gasteiger partial charge in [-0.1, -0.05) is 19.1 Å². The number of para-hydroxylation sites is 1. The number of ether oxygens (including phenoxy) is 1. The van der Waals surface area contributed by atoms with Gasteiger partial charge in [-0.15, -0.1) is 0 Å². The number of hydrogen-bond acceptors (Lipinski definition) is 3. The van der Waals surface area contributed by atoms with Crippen molar-refractivity contribution in [3.05, 3.63) is 29.8 Å². The van der Waals surface area contributed by atoms with Crippen LogP contribution in [0.4, 0.5) is 0 Å². The Hall–Kier alpha value is -1.55. The number of methoxy groups -OCH3 is 1. The van der Waals surface area contributed by atoms with Crippen LogP contribution < -0.4 is 10.1 Å². The summed E-state index contributed by atoms with van der Waals surface area (Å²) in [4.78, 5) is 14.7. The smallest absolute Gasteiger partial charge is 0.257 e. The van der Waals surface area contributed by atoms with Crippen molar-refractivity contribution in [2.75, 3.05) is 26.7 Å². The largest absolute Gasteiger partial charge is 0.496 e. The number of benzene rings is 1. The van der Waals surface area contributed by atoms with Crippen LogP contribution in [0.1, 0.15) is 30.1 Å². The molecule has 1 fully saturated rings. The molecule has 1 aliphatic rings. The van der Waals surface area contributed by atoms with E-state index in [-0.39, 0.29) is 5.91 Å². The Bertz CT molecular complexity index is 428. The average Bonchev–Trinajstić information content (AvgIpc) is 2.98. The van der Waals surface area contributed by atoms with E-state index in [1.165, 1.54) is 0 Å². The molecule has 0 unspecified atom stereocenters. The molecule has 0 aliphatic carbocycles. The molecule has 1 amide bonds. The highest BCUT2D eigenvalue weighted by atomic mass is 16.5. The van der Waals surface area contributed by atoms with Crippen molar-refractivity contribution in [1.82, 2.24) is 10.2 Å². The summed E-state index contributed by atoms with van der Waals surface area (Å²) < 4.78 is 5.29. The molecule has 1 atom stereocenters. The Morgan fingerprint density at radius 1 is 1.47 bits per heavy atom. The Kier molecular flexibility index (Phi) is 4.80. The van der Waals surface area contributed by atoms with Crippen molar-refractivity contribution in [2.24, 2.45) is 0 Å². The summed E-state index contributed by atoms with van der Waals surface area (Å²) >= 11 is 0. The van der Waals surface area contributed by atoms with Crippen molar-refractivity contribution < 1.29 is 9.53 Å². The van der Waals surface area contributed by atoms with Crippen molar-refractivity contribution in [1.29, 1.82) is 0 Å². The molecule has 0 radical (unpaired) electrons. The lowest BCUT2D eigenvalue weighted by molar-refractivity contribution is 0.0689. The third-order valence-corrected chi connectivity index (χ3v) is 3.54. The maximum absolute atomic E-state index is 12.7. The molecule has 1 N–H and O–H groups in total. The highest BCUT2D eigenvalue weighted by molar-refractivity contribution is 5.97. The van der Waals surface area contributed by atoms with E-state index < -0.39 is 0 Å². The molecule has 4 heteroatoms. The lowest BCUT2D eigenvalue weighted by Crippen LogP contribution is -2.42. The molecular weight excluding hydrogens is 240 g/mol. The SMILES string of the molecule is CCCN(C(=O)c1ccccc1OC)[C@@H]1CCNC1. The minimum Gasteiger partial charge on any atom is -0.496 e. The highest BCUT2D eigenvalue weighted by Gasteiger charge is 2.27. The minimum atomic E-state index is 0.0769. The van der Waals surface area contributed by atoms with Crippen molar-refractivity contribution >= 4 is 5.91 Å². The number of rotatable bonds is 5. The average molecular weight is 262 g/mol. The maximum Gasteiger partial charge on any atom is 0.257 e. The fourth-order valence-corrected chi connectivity index (χ4v) is 2.57. The number of carbonyl (C=O) groups excluding carboxylic acids is 1. The van der Waals surface area contributed by atoms with Gasteiger partial charge in [0.05, 0.1) is 12.7 Å². The van der Waals surface area contributed by atoms with E-state index in [9.17, 15) is 4.79 Å². The van der Waals surface area contributed by atoms with Gasteiger partial charge in [-0.3, -0.25) is 4.79 Å². The van der Waals surface area contributed by atoms with Gasteiger partial charge in [0.1, 0.15) is 5.75 Å². The second-order valence-electron chi connectivity index (χ2n) is 4.85. The monoisotopic (exact) mass is 262 g/mol. The van der Waals surface area contributed by atoms with Gasteiger partial charge in [0.25, 0.3) is 5.91 Å². The Morgan fingerprint density at radius 2 is 2.26 bits per heavy atom. The van der Waals surface area contributed by atoms with E-state index in [2.05, 4.69) is 12.2 Å². The first kappa shape index (κ1) is 13.9. The molecule has 19 heavy (non-hydrogen) atoms. The van der Waals surface area contributed by atoms with Gasteiger partial charge in [0, 0.05) is 19.1 Å². The quantitative estimate of drug-likeness (QED) is 0.881. The molecule has 0 spiro atoms.